The highest BCUT2D eigenvalue weighted by Gasteiger charge is 2.23. The van der Waals surface area contributed by atoms with Crippen LogP contribution in [0.3, 0.4) is 0 Å². The van der Waals surface area contributed by atoms with Crippen molar-refractivity contribution in [3.8, 4) is 0 Å². The predicted molar refractivity (Wildman–Crippen MR) is 64.9 cm³/mol. The highest BCUT2D eigenvalue weighted by molar-refractivity contribution is 9.10. The lowest BCUT2D eigenvalue weighted by molar-refractivity contribution is -0.140. The number of nitrogens with zero attached hydrogens (tertiary/aromatic N) is 1. The molecule has 0 bridgehead atoms. The molecule has 0 aromatic heterocycles. The van der Waals surface area contributed by atoms with Crippen LogP contribution >= 0.6 is 15.9 Å². The summed E-state index contributed by atoms with van der Waals surface area (Å²) in [5.41, 5.74) is 2.45. The van der Waals surface area contributed by atoms with Crippen molar-refractivity contribution < 1.29 is 9.90 Å². The van der Waals surface area contributed by atoms with Gasteiger partial charge in [0, 0.05) is 17.6 Å². The minimum Gasteiger partial charge on any atom is -0.384 e. The summed E-state index contributed by atoms with van der Waals surface area (Å²) in [5.74, 6) is -0.187. The second-order valence-electron chi connectivity index (χ2n) is 4.10. The summed E-state index contributed by atoms with van der Waals surface area (Å²) in [6, 6.07) is 6.11. The summed E-state index contributed by atoms with van der Waals surface area (Å²) < 4.78 is 1.07. The van der Waals surface area contributed by atoms with E-state index in [0.29, 0.717) is 13.1 Å². The average Bonchev–Trinajstić information content (AvgIpc) is 2.27. The molecule has 0 spiro atoms. The van der Waals surface area contributed by atoms with Crippen LogP contribution in [0.5, 0.6) is 0 Å². The van der Waals surface area contributed by atoms with Gasteiger partial charge in [-0.2, -0.15) is 0 Å². The van der Waals surface area contributed by atoms with Gasteiger partial charge in [-0.3, -0.25) is 4.79 Å². The van der Waals surface area contributed by atoms with Gasteiger partial charge in [-0.05, 0) is 36.6 Å². The number of rotatable bonds is 1. The predicted octanol–water partition coefficient (Wildman–Crippen LogP) is 1.71. The van der Waals surface area contributed by atoms with E-state index < -0.39 is 6.10 Å². The second-order valence-corrected chi connectivity index (χ2v) is 5.01. The molecular weight excluding hydrogens is 270 g/mol. The van der Waals surface area contributed by atoms with E-state index >= 15 is 0 Å². The summed E-state index contributed by atoms with van der Waals surface area (Å²) in [7, 11) is 0. The van der Waals surface area contributed by atoms with Gasteiger partial charge in [0.2, 0.25) is 0 Å². The molecule has 0 fully saturated rings. The molecule has 86 valence electrons. The lowest BCUT2D eigenvalue weighted by Crippen LogP contribution is -2.41. The van der Waals surface area contributed by atoms with Crippen LogP contribution in [0.2, 0.25) is 0 Å². The number of aliphatic hydroxyl groups excluding tert-OH is 1. The first-order chi connectivity index (χ1) is 7.58. The van der Waals surface area contributed by atoms with Crippen LogP contribution in [-0.2, 0) is 17.8 Å². The Morgan fingerprint density at radius 3 is 2.94 bits per heavy atom. The molecule has 0 saturated heterocycles. The van der Waals surface area contributed by atoms with Crippen molar-refractivity contribution >= 4 is 21.8 Å². The molecule has 3 nitrogen and oxygen atoms in total. The molecule has 1 heterocycles. The number of aliphatic hydroxyl groups is 1. The van der Waals surface area contributed by atoms with E-state index in [1.807, 2.05) is 12.1 Å². The van der Waals surface area contributed by atoms with Gasteiger partial charge in [-0.25, -0.2) is 0 Å². The van der Waals surface area contributed by atoms with Crippen molar-refractivity contribution in [1.82, 2.24) is 4.90 Å². The first-order valence-electron chi connectivity index (χ1n) is 5.32. The Hall–Kier alpha value is -0.870. The van der Waals surface area contributed by atoms with Gasteiger partial charge >= 0.3 is 0 Å². The number of halogens is 1. The molecule has 2 rings (SSSR count). The topological polar surface area (TPSA) is 40.5 Å². The van der Waals surface area contributed by atoms with Gasteiger partial charge in [-0.1, -0.05) is 22.0 Å². The Morgan fingerprint density at radius 1 is 1.50 bits per heavy atom. The molecule has 1 amide bonds. The van der Waals surface area contributed by atoms with E-state index in [9.17, 15) is 9.90 Å². The first-order valence-corrected chi connectivity index (χ1v) is 6.11. The molecule has 0 radical (unpaired) electrons. The molecule has 1 atom stereocenters. The maximum absolute atomic E-state index is 11.6. The third-order valence-corrected chi connectivity index (χ3v) is 3.34. The molecule has 1 aliphatic heterocycles. The fourth-order valence-corrected chi connectivity index (χ4v) is 2.38. The van der Waals surface area contributed by atoms with Crippen LogP contribution in [0.25, 0.3) is 0 Å². The lowest BCUT2D eigenvalue weighted by Gasteiger charge is -2.29. The summed E-state index contributed by atoms with van der Waals surface area (Å²) in [6.07, 6.45) is -0.0512. The average molecular weight is 284 g/mol. The lowest BCUT2D eigenvalue weighted by atomic mass is 9.99. The number of amides is 1. The van der Waals surface area contributed by atoms with E-state index in [1.165, 1.54) is 18.1 Å². The van der Waals surface area contributed by atoms with Crippen LogP contribution in [0.4, 0.5) is 0 Å². The molecule has 1 aliphatic rings. The SMILES string of the molecule is C[C@@H](O)C(=O)N1CCc2cc(Br)ccc2C1. The number of hydrogen-bond acceptors (Lipinski definition) is 2. The molecule has 1 aromatic carbocycles. The molecule has 1 aromatic rings. The number of fused-ring (bicyclic) bond motifs is 1. The van der Waals surface area contributed by atoms with Gasteiger partial charge in [0.15, 0.2) is 0 Å². The van der Waals surface area contributed by atoms with E-state index in [4.69, 9.17) is 0 Å². The minimum atomic E-state index is -0.906. The molecule has 4 heteroatoms. The maximum Gasteiger partial charge on any atom is 0.251 e. The van der Waals surface area contributed by atoms with Crippen molar-refractivity contribution in [3.63, 3.8) is 0 Å². The zero-order valence-electron chi connectivity index (χ0n) is 9.11. The van der Waals surface area contributed by atoms with Crippen molar-refractivity contribution in [2.45, 2.75) is 26.0 Å². The van der Waals surface area contributed by atoms with E-state index in [2.05, 4.69) is 22.0 Å². The quantitative estimate of drug-likeness (QED) is 0.853. The molecule has 0 unspecified atom stereocenters. The summed E-state index contributed by atoms with van der Waals surface area (Å²) >= 11 is 3.44. The van der Waals surface area contributed by atoms with Crippen LogP contribution in [0.15, 0.2) is 22.7 Å². The minimum absolute atomic E-state index is 0.187. The largest absolute Gasteiger partial charge is 0.384 e. The Balaban J connectivity index is 2.18. The van der Waals surface area contributed by atoms with Crippen LogP contribution in [0, 0.1) is 0 Å². The fourth-order valence-electron chi connectivity index (χ4n) is 1.97. The number of hydrogen-bond donors (Lipinski definition) is 1. The van der Waals surface area contributed by atoms with Gasteiger partial charge in [0.05, 0.1) is 0 Å². The number of carbonyl (C=O) groups is 1. The molecule has 16 heavy (non-hydrogen) atoms. The van der Waals surface area contributed by atoms with Crippen LogP contribution in [0.1, 0.15) is 18.1 Å². The normalized spacial score (nSPS) is 16.8. The maximum atomic E-state index is 11.6. The Bertz CT molecular complexity index is 417. The van der Waals surface area contributed by atoms with Gasteiger partial charge in [0.1, 0.15) is 6.10 Å². The summed E-state index contributed by atoms with van der Waals surface area (Å²) in [4.78, 5) is 13.4. The molecule has 1 N–H and O–H groups in total. The second kappa shape index (κ2) is 4.55. The van der Waals surface area contributed by atoms with E-state index in [0.717, 1.165) is 10.9 Å². The van der Waals surface area contributed by atoms with Crippen molar-refractivity contribution in [3.05, 3.63) is 33.8 Å². The van der Waals surface area contributed by atoms with Gasteiger partial charge in [-0.15, -0.1) is 0 Å². The first kappa shape index (κ1) is 11.6. The summed E-state index contributed by atoms with van der Waals surface area (Å²) in [5, 5.41) is 9.27. The monoisotopic (exact) mass is 283 g/mol. The van der Waals surface area contributed by atoms with E-state index in [1.54, 1.807) is 4.90 Å². The zero-order valence-corrected chi connectivity index (χ0v) is 10.7. The third kappa shape index (κ3) is 2.28. The smallest absolute Gasteiger partial charge is 0.251 e. The highest BCUT2D eigenvalue weighted by atomic mass is 79.9. The highest BCUT2D eigenvalue weighted by Crippen LogP contribution is 2.23. The Morgan fingerprint density at radius 2 is 2.25 bits per heavy atom. The molecule has 0 saturated carbocycles. The van der Waals surface area contributed by atoms with Crippen molar-refractivity contribution in [2.24, 2.45) is 0 Å². The summed E-state index contributed by atoms with van der Waals surface area (Å²) in [6.45, 7) is 2.80. The van der Waals surface area contributed by atoms with E-state index in [-0.39, 0.29) is 5.91 Å². The zero-order chi connectivity index (χ0) is 11.7. The molecule has 0 aliphatic carbocycles. The van der Waals surface area contributed by atoms with Crippen LogP contribution < -0.4 is 0 Å². The van der Waals surface area contributed by atoms with Crippen molar-refractivity contribution in [1.29, 1.82) is 0 Å². The fraction of sp³-hybridized carbons (Fsp3) is 0.417. The number of carbonyl (C=O) groups excluding carboxylic acids is 1. The standard InChI is InChI=1S/C12H14BrNO2/c1-8(15)12(16)14-5-4-9-6-11(13)3-2-10(9)7-14/h2-3,6,8,15H,4-5,7H2,1H3/t8-/m1/s1. The van der Waals surface area contributed by atoms with Gasteiger partial charge in [0.25, 0.3) is 5.91 Å². The number of benzene rings is 1. The Labute approximate surface area is 103 Å². The Kier molecular flexibility index (Phi) is 3.30. The third-order valence-electron chi connectivity index (χ3n) is 2.85. The van der Waals surface area contributed by atoms with Gasteiger partial charge < -0.3 is 10.0 Å². The van der Waals surface area contributed by atoms with Crippen molar-refractivity contribution in [2.75, 3.05) is 6.54 Å². The molecular formula is C12H14BrNO2. The van der Waals surface area contributed by atoms with Crippen LogP contribution in [-0.4, -0.2) is 28.6 Å².